The van der Waals surface area contributed by atoms with Gasteiger partial charge in [-0.1, -0.05) is 11.6 Å². The Balaban J connectivity index is 1.52. The number of amides is 2. The standard InChI is InChI=1S/C13H19N5O3/c19-10-4-5-17(6-10)12(20)8-18-7-11(15-16-18)14-13(21)9-2-1-3-9/h7,9-10,19H,1-6,8H2,(H,14,21). The second kappa shape index (κ2) is 5.80. The van der Waals surface area contributed by atoms with Crippen LogP contribution in [-0.4, -0.2) is 56.0 Å². The molecule has 2 amide bonds. The zero-order valence-corrected chi connectivity index (χ0v) is 11.7. The van der Waals surface area contributed by atoms with Crippen molar-refractivity contribution in [2.75, 3.05) is 18.4 Å². The van der Waals surface area contributed by atoms with Gasteiger partial charge in [-0.15, -0.1) is 5.10 Å². The molecule has 2 heterocycles. The van der Waals surface area contributed by atoms with Gasteiger partial charge in [0, 0.05) is 19.0 Å². The predicted molar refractivity (Wildman–Crippen MR) is 73.2 cm³/mol. The molecule has 1 aliphatic heterocycles. The molecule has 2 N–H and O–H groups in total. The van der Waals surface area contributed by atoms with Crippen LogP contribution in [0.1, 0.15) is 25.7 Å². The molecule has 1 aliphatic carbocycles. The number of nitrogens with one attached hydrogen (secondary N) is 1. The number of carbonyl (C=O) groups excluding carboxylic acids is 2. The number of aromatic nitrogens is 3. The quantitative estimate of drug-likeness (QED) is 0.787. The van der Waals surface area contributed by atoms with Crippen molar-refractivity contribution in [2.45, 2.75) is 38.3 Å². The molecule has 1 saturated heterocycles. The first kappa shape index (κ1) is 14.0. The summed E-state index contributed by atoms with van der Waals surface area (Å²) in [6.07, 6.45) is 4.70. The smallest absolute Gasteiger partial charge is 0.244 e. The van der Waals surface area contributed by atoms with Crippen LogP contribution >= 0.6 is 0 Å². The van der Waals surface area contributed by atoms with Crippen molar-refractivity contribution < 1.29 is 14.7 Å². The van der Waals surface area contributed by atoms with E-state index in [1.54, 1.807) is 11.1 Å². The van der Waals surface area contributed by atoms with Crippen molar-refractivity contribution in [3.05, 3.63) is 6.20 Å². The number of β-amino-alcohol motifs (C(OH)–C–C–N with tert-alkyl or cyclic N) is 1. The first-order valence-corrected chi connectivity index (χ1v) is 7.28. The molecule has 0 radical (unpaired) electrons. The number of nitrogens with zero attached hydrogens (tertiary/aromatic N) is 4. The lowest BCUT2D eigenvalue weighted by atomic mass is 9.85. The number of carbonyl (C=O) groups is 2. The van der Waals surface area contributed by atoms with E-state index in [1.807, 2.05) is 0 Å². The highest BCUT2D eigenvalue weighted by Crippen LogP contribution is 2.27. The summed E-state index contributed by atoms with van der Waals surface area (Å²) < 4.78 is 1.41. The number of aliphatic hydroxyl groups excluding tert-OH is 1. The van der Waals surface area contributed by atoms with Crippen molar-refractivity contribution in [3.63, 3.8) is 0 Å². The Labute approximate surface area is 122 Å². The average molecular weight is 293 g/mol. The van der Waals surface area contributed by atoms with E-state index in [-0.39, 0.29) is 24.3 Å². The zero-order chi connectivity index (χ0) is 14.8. The first-order valence-electron chi connectivity index (χ1n) is 7.28. The Bertz CT molecular complexity index is 540. The molecule has 1 atom stereocenters. The van der Waals surface area contributed by atoms with E-state index < -0.39 is 6.10 Å². The van der Waals surface area contributed by atoms with Gasteiger partial charge in [-0.05, 0) is 19.3 Å². The van der Waals surface area contributed by atoms with E-state index in [1.165, 1.54) is 4.68 Å². The van der Waals surface area contributed by atoms with Gasteiger partial charge < -0.3 is 15.3 Å². The number of anilines is 1. The normalized spacial score (nSPS) is 22.1. The fourth-order valence-electron chi connectivity index (χ4n) is 2.54. The number of rotatable bonds is 4. The van der Waals surface area contributed by atoms with Crippen molar-refractivity contribution in [2.24, 2.45) is 5.92 Å². The lowest BCUT2D eigenvalue weighted by Crippen LogP contribution is -2.32. The monoisotopic (exact) mass is 293 g/mol. The van der Waals surface area contributed by atoms with Crippen LogP contribution in [0, 0.1) is 5.92 Å². The number of hydrogen-bond acceptors (Lipinski definition) is 5. The largest absolute Gasteiger partial charge is 0.391 e. The van der Waals surface area contributed by atoms with Crippen LogP contribution in [0.2, 0.25) is 0 Å². The fraction of sp³-hybridized carbons (Fsp3) is 0.692. The molecule has 1 aromatic rings. The maximum atomic E-state index is 12.0. The molecule has 8 heteroatoms. The molecule has 2 aliphatic rings. The summed E-state index contributed by atoms with van der Waals surface area (Å²) in [6.45, 7) is 1.01. The van der Waals surface area contributed by atoms with Crippen LogP contribution in [0.4, 0.5) is 5.82 Å². The molecule has 0 spiro atoms. The summed E-state index contributed by atoms with van der Waals surface area (Å²) in [7, 11) is 0. The van der Waals surface area contributed by atoms with Gasteiger partial charge in [0.1, 0.15) is 6.54 Å². The van der Waals surface area contributed by atoms with Crippen molar-refractivity contribution in [1.82, 2.24) is 19.9 Å². The van der Waals surface area contributed by atoms with E-state index in [0.717, 1.165) is 19.3 Å². The molecule has 3 rings (SSSR count). The Morgan fingerprint density at radius 1 is 1.38 bits per heavy atom. The van der Waals surface area contributed by atoms with E-state index in [4.69, 9.17) is 0 Å². The summed E-state index contributed by atoms with van der Waals surface area (Å²) in [6, 6.07) is 0. The summed E-state index contributed by atoms with van der Waals surface area (Å²) in [5, 5.41) is 19.8. The van der Waals surface area contributed by atoms with Crippen molar-refractivity contribution >= 4 is 17.6 Å². The van der Waals surface area contributed by atoms with Gasteiger partial charge >= 0.3 is 0 Å². The van der Waals surface area contributed by atoms with Crippen LogP contribution in [0.25, 0.3) is 0 Å². The van der Waals surface area contributed by atoms with Crippen LogP contribution in [0.3, 0.4) is 0 Å². The minimum atomic E-state index is -0.429. The summed E-state index contributed by atoms with van der Waals surface area (Å²) in [4.78, 5) is 25.4. The molecular formula is C13H19N5O3. The van der Waals surface area contributed by atoms with Gasteiger partial charge in [-0.2, -0.15) is 0 Å². The van der Waals surface area contributed by atoms with E-state index in [9.17, 15) is 14.7 Å². The van der Waals surface area contributed by atoms with Crippen LogP contribution < -0.4 is 5.32 Å². The predicted octanol–water partition coefficient (Wildman–Crippen LogP) is -0.390. The van der Waals surface area contributed by atoms with Gasteiger partial charge in [0.25, 0.3) is 0 Å². The Morgan fingerprint density at radius 3 is 2.81 bits per heavy atom. The lowest BCUT2D eigenvalue weighted by Gasteiger charge is -2.23. The number of hydrogen-bond donors (Lipinski definition) is 2. The molecule has 114 valence electrons. The fourth-order valence-corrected chi connectivity index (χ4v) is 2.54. The molecule has 2 fully saturated rings. The molecule has 8 nitrogen and oxygen atoms in total. The van der Waals surface area contributed by atoms with Crippen LogP contribution in [0.5, 0.6) is 0 Å². The highest BCUT2D eigenvalue weighted by Gasteiger charge is 2.26. The maximum Gasteiger partial charge on any atom is 0.244 e. The second-order valence-electron chi connectivity index (χ2n) is 5.70. The highest BCUT2D eigenvalue weighted by molar-refractivity contribution is 5.92. The minimum Gasteiger partial charge on any atom is -0.391 e. The third-order valence-corrected chi connectivity index (χ3v) is 4.08. The average Bonchev–Trinajstić information content (AvgIpc) is 2.96. The minimum absolute atomic E-state index is 0.0257. The van der Waals surface area contributed by atoms with Gasteiger partial charge in [0.2, 0.25) is 11.8 Å². The molecule has 0 aromatic carbocycles. The Hall–Kier alpha value is -1.96. The third-order valence-electron chi connectivity index (χ3n) is 4.08. The topological polar surface area (TPSA) is 100 Å². The van der Waals surface area contributed by atoms with Gasteiger partial charge in [-0.3, -0.25) is 9.59 Å². The Kier molecular flexibility index (Phi) is 3.87. The molecule has 21 heavy (non-hydrogen) atoms. The van der Waals surface area contributed by atoms with Crippen LogP contribution in [-0.2, 0) is 16.1 Å². The van der Waals surface area contributed by atoms with Gasteiger partial charge in [0.15, 0.2) is 5.82 Å². The SMILES string of the molecule is O=C(Nc1cn(CC(=O)N2CCC(O)C2)nn1)C1CCC1. The number of aliphatic hydroxyl groups is 1. The van der Waals surface area contributed by atoms with Crippen molar-refractivity contribution in [1.29, 1.82) is 0 Å². The van der Waals surface area contributed by atoms with E-state index in [0.29, 0.717) is 25.3 Å². The Morgan fingerprint density at radius 2 is 2.19 bits per heavy atom. The lowest BCUT2D eigenvalue weighted by molar-refractivity contribution is -0.131. The summed E-state index contributed by atoms with van der Waals surface area (Å²) in [5.74, 6) is 0.333. The van der Waals surface area contributed by atoms with E-state index >= 15 is 0 Å². The molecule has 1 saturated carbocycles. The van der Waals surface area contributed by atoms with Crippen LogP contribution in [0.15, 0.2) is 6.20 Å². The summed E-state index contributed by atoms with van der Waals surface area (Å²) in [5.41, 5.74) is 0. The first-order chi connectivity index (χ1) is 10.1. The molecule has 1 aromatic heterocycles. The second-order valence-corrected chi connectivity index (χ2v) is 5.70. The zero-order valence-electron chi connectivity index (χ0n) is 11.7. The maximum absolute atomic E-state index is 12.0. The van der Waals surface area contributed by atoms with E-state index in [2.05, 4.69) is 15.6 Å². The summed E-state index contributed by atoms with van der Waals surface area (Å²) >= 11 is 0. The molecular weight excluding hydrogens is 274 g/mol. The molecule has 1 unspecified atom stereocenters. The number of likely N-dealkylation sites (tertiary alicyclic amines) is 1. The third kappa shape index (κ3) is 3.21. The highest BCUT2D eigenvalue weighted by atomic mass is 16.3. The van der Waals surface area contributed by atoms with Crippen molar-refractivity contribution in [3.8, 4) is 0 Å². The molecule has 0 bridgehead atoms. The van der Waals surface area contributed by atoms with Gasteiger partial charge in [-0.25, -0.2) is 4.68 Å². The van der Waals surface area contributed by atoms with Gasteiger partial charge in [0.05, 0.1) is 12.3 Å².